The van der Waals surface area contributed by atoms with Crippen LogP contribution in [0.4, 0.5) is 23.2 Å². The average molecular weight is 571 g/mol. The molecule has 1 N–H and O–H groups in total. The van der Waals surface area contributed by atoms with Gasteiger partial charge in [-0.05, 0) is 36.2 Å². The van der Waals surface area contributed by atoms with Crippen LogP contribution >= 0.6 is 0 Å². The number of para-hydroxylation sites is 1. The molecule has 0 radical (unpaired) electrons. The van der Waals surface area contributed by atoms with Crippen molar-refractivity contribution < 1.29 is 45.1 Å². The predicted molar refractivity (Wildman–Crippen MR) is 127 cm³/mol. The number of nitrogens with one attached hydrogen (secondary N) is 1. The number of hydrogen-bond acceptors (Lipinski definition) is 7. The lowest BCUT2D eigenvalue weighted by atomic mass is 10.0. The van der Waals surface area contributed by atoms with Crippen molar-refractivity contribution in [3.63, 3.8) is 0 Å². The molecule has 3 heterocycles. The molecule has 39 heavy (non-hydrogen) atoms. The topological polar surface area (TPSA) is 116 Å². The van der Waals surface area contributed by atoms with E-state index in [1.807, 2.05) is 0 Å². The van der Waals surface area contributed by atoms with E-state index < -0.39 is 56.6 Å². The normalized spacial score (nSPS) is 20.7. The molecule has 5 rings (SSSR count). The van der Waals surface area contributed by atoms with Crippen LogP contribution in [0.2, 0.25) is 0 Å². The van der Waals surface area contributed by atoms with Gasteiger partial charge in [-0.25, -0.2) is 12.8 Å². The summed E-state index contributed by atoms with van der Waals surface area (Å²) in [4.78, 5) is 38.8. The molecular formula is C24H22F4N4O6S. The highest BCUT2D eigenvalue weighted by molar-refractivity contribution is 7.89. The van der Waals surface area contributed by atoms with Crippen molar-refractivity contribution in [2.45, 2.75) is 36.7 Å². The molecule has 10 nitrogen and oxygen atoms in total. The number of piperazine rings is 1. The molecule has 0 saturated carbocycles. The second kappa shape index (κ2) is 9.79. The molecule has 2 fully saturated rings. The molecule has 208 valence electrons. The number of hydrogen-bond donors (Lipinski definition) is 1. The van der Waals surface area contributed by atoms with Gasteiger partial charge in [0, 0.05) is 44.7 Å². The third kappa shape index (κ3) is 5.15. The molecule has 2 aromatic rings. The van der Waals surface area contributed by atoms with Gasteiger partial charge >= 0.3 is 6.36 Å². The molecule has 3 aliphatic heterocycles. The summed E-state index contributed by atoms with van der Waals surface area (Å²) in [5, 5.41) is 2.20. The lowest BCUT2D eigenvalue weighted by Crippen LogP contribution is -2.52. The largest absolute Gasteiger partial charge is 0.573 e. The molecule has 1 atom stereocenters. The number of ether oxygens (including phenoxy) is 1. The summed E-state index contributed by atoms with van der Waals surface area (Å²) in [6.45, 7) is -0.177. The number of benzene rings is 2. The van der Waals surface area contributed by atoms with Gasteiger partial charge in [-0.15, -0.1) is 13.2 Å². The number of fused-ring (bicyclic) bond motifs is 1. The minimum atomic E-state index is -5.08. The highest BCUT2D eigenvalue weighted by atomic mass is 32.2. The first-order chi connectivity index (χ1) is 18.3. The maximum Gasteiger partial charge on any atom is 0.573 e. The van der Waals surface area contributed by atoms with E-state index in [2.05, 4.69) is 10.1 Å². The Balaban J connectivity index is 1.31. The summed E-state index contributed by atoms with van der Waals surface area (Å²) < 4.78 is 84.6. The molecular weight excluding hydrogens is 548 g/mol. The summed E-state index contributed by atoms with van der Waals surface area (Å²) in [5.74, 6) is -3.10. The van der Waals surface area contributed by atoms with Crippen molar-refractivity contribution in [2.24, 2.45) is 0 Å². The number of amides is 3. The van der Waals surface area contributed by atoms with Crippen molar-refractivity contribution in [2.75, 3.05) is 31.1 Å². The Morgan fingerprint density at radius 1 is 1.00 bits per heavy atom. The van der Waals surface area contributed by atoms with Crippen molar-refractivity contribution in [3.8, 4) is 5.75 Å². The zero-order valence-corrected chi connectivity index (χ0v) is 21.0. The first-order valence-corrected chi connectivity index (χ1v) is 13.4. The van der Waals surface area contributed by atoms with Gasteiger partial charge in [0.2, 0.25) is 21.8 Å². The third-order valence-electron chi connectivity index (χ3n) is 6.86. The molecule has 3 aliphatic rings. The minimum absolute atomic E-state index is 0.0298. The summed E-state index contributed by atoms with van der Waals surface area (Å²) in [6.07, 6.45) is -4.84. The zero-order valence-electron chi connectivity index (χ0n) is 20.2. The SMILES string of the molecule is O=C1CCC(N2Cc3cc(N4CCN(S(=O)(=O)c5ccccc5OC(F)(F)F)CC4)c(F)cc3C2=O)C(=O)N1. The van der Waals surface area contributed by atoms with Gasteiger partial charge < -0.3 is 14.5 Å². The molecule has 0 aromatic heterocycles. The maximum atomic E-state index is 15.1. The van der Waals surface area contributed by atoms with Crippen LogP contribution in [0.1, 0.15) is 28.8 Å². The fraction of sp³-hybridized carbons (Fsp3) is 0.375. The van der Waals surface area contributed by atoms with Crippen LogP contribution in [0.15, 0.2) is 41.3 Å². The Bertz CT molecular complexity index is 1460. The molecule has 15 heteroatoms. The van der Waals surface area contributed by atoms with E-state index in [0.29, 0.717) is 5.56 Å². The number of anilines is 1. The van der Waals surface area contributed by atoms with Gasteiger partial charge in [-0.1, -0.05) is 12.1 Å². The van der Waals surface area contributed by atoms with E-state index in [1.54, 1.807) is 4.90 Å². The lowest BCUT2D eigenvalue weighted by molar-refractivity contribution is -0.275. The number of carbonyl (C=O) groups is 3. The van der Waals surface area contributed by atoms with E-state index in [-0.39, 0.29) is 56.8 Å². The summed E-state index contributed by atoms with van der Waals surface area (Å²) in [7, 11) is -4.35. The van der Waals surface area contributed by atoms with Gasteiger partial charge in [0.05, 0.1) is 5.69 Å². The van der Waals surface area contributed by atoms with E-state index in [1.165, 1.54) is 23.1 Å². The minimum Gasteiger partial charge on any atom is -0.404 e. The fourth-order valence-electron chi connectivity index (χ4n) is 5.00. The van der Waals surface area contributed by atoms with Crippen molar-refractivity contribution in [1.29, 1.82) is 0 Å². The summed E-state index contributed by atoms with van der Waals surface area (Å²) >= 11 is 0. The Morgan fingerprint density at radius 2 is 1.69 bits per heavy atom. The molecule has 0 bridgehead atoms. The van der Waals surface area contributed by atoms with Crippen LogP contribution in [0.3, 0.4) is 0 Å². The van der Waals surface area contributed by atoms with Gasteiger partial charge in [0.15, 0.2) is 0 Å². The second-order valence-electron chi connectivity index (χ2n) is 9.25. The van der Waals surface area contributed by atoms with Crippen molar-refractivity contribution in [1.82, 2.24) is 14.5 Å². The van der Waals surface area contributed by atoms with E-state index in [4.69, 9.17) is 0 Å². The quantitative estimate of drug-likeness (QED) is 0.432. The van der Waals surface area contributed by atoms with Gasteiger partial charge in [-0.2, -0.15) is 4.31 Å². The number of nitrogens with zero attached hydrogens (tertiary/aromatic N) is 3. The van der Waals surface area contributed by atoms with Gasteiger partial charge in [-0.3, -0.25) is 19.7 Å². The number of rotatable bonds is 5. The summed E-state index contributed by atoms with van der Waals surface area (Å²) in [6, 6.07) is 6.14. The Kier molecular flexibility index (Phi) is 6.74. The number of alkyl halides is 3. The first kappa shape index (κ1) is 26.9. The van der Waals surface area contributed by atoms with Crippen LogP contribution in [-0.2, 0) is 26.2 Å². The first-order valence-electron chi connectivity index (χ1n) is 11.9. The fourth-order valence-corrected chi connectivity index (χ4v) is 6.54. The smallest absolute Gasteiger partial charge is 0.404 e. The van der Waals surface area contributed by atoms with Crippen LogP contribution in [0.5, 0.6) is 5.75 Å². The van der Waals surface area contributed by atoms with Crippen molar-refractivity contribution >= 4 is 33.4 Å². The monoisotopic (exact) mass is 570 g/mol. The van der Waals surface area contributed by atoms with Crippen LogP contribution < -0.4 is 15.0 Å². The second-order valence-corrected chi connectivity index (χ2v) is 11.2. The Morgan fingerprint density at radius 3 is 2.36 bits per heavy atom. The van der Waals surface area contributed by atoms with Crippen molar-refractivity contribution in [3.05, 3.63) is 53.3 Å². The molecule has 2 saturated heterocycles. The number of piperidine rings is 1. The number of carbonyl (C=O) groups excluding carboxylic acids is 3. The van der Waals surface area contributed by atoms with Crippen LogP contribution in [0.25, 0.3) is 0 Å². The summed E-state index contributed by atoms with van der Waals surface area (Å²) in [5.41, 5.74) is 0.710. The average Bonchev–Trinajstić information content (AvgIpc) is 3.18. The number of imide groups is 1. The third-order valence-corrected chi connectivity index (χ3v) is 8.80. The molecule has 1 unspecified atom stereocenters. The van der Waals surface area contributed by atoms with E-state index in [0.717, 1.165) is 22.5 Å². The Labute approximate surface area is 220 Å². The molecule has 0 aliphatic carbocycles. The predicted octanol–water partition coefficient (Wildman–Crippen LogP) is 2.00. The Hall–Kier alpha value is -3.72. The van der Waals surface area contributed by atoms with Crippen LogP contribution in [-0.4, -0.2) is 73.9 Å². The van der Waals surface area contributed by atoms with Gasteiger partial charge in [0.25, 0.3) is 5.91 Å². The van der Waals surface area contributed by atoms with Crippen LogP contribution in [0, 0.1) is 5.82 Å². The highest BCUT2D eigenvalue weighted by Crippen LogP contribution is 2.35. The lowest BCUT2D eigenvalue weighted by Gasteiger charge is -2.35. The number of halogens is 4. The standard InChI is InChI=1S/C24H22F4N4O6S/c25-16-12-15-14(13-32(23(15)35)17-5-6-21(33)29-22(17)34)11-18(16)30-7-9-31(10-8-30)39(36,37)20-4-2-1-3-19(20)38-24(26,27)28/h1-4,11-12,17H,5-10,13H2,(H,29,33,34). The van der Waals surface area contributed by atoms with E-state index in [9.17, 15) is 36.0 Å². The molecule has 0 spiro atoms. The molecule has 2 aromatic carbocycles. The van der Waals surface area contributed by atoms with E-state index >= 15 is 4.39 Å². The highest BCUT2D eigenvalue weighted by Gasteiger charge is 2.40. The maximum absolute atomic E-state index is 15.1. The number of sulfonamides is 1. The molecule has 3 amide bonds. The van der Waals surface area contributed by atoms with Gasteiger partial charge in [0.1, 0.15) is 22.5 Å². The zero-order chi connectivity index (χ0) is 28.1.